The minimum Gasteiger partial charge on any atom is -0.420 e. The number of nitrogens with one attached hydrogen (secondary N) is 2. The highest BCUT2D eigenvalue weighted by molar-refractivity contribution is 7.63. The van der Waals surface area contributed by atoms with Crippen LogP contribution in [0.3, 0.4) is 0 Å². The van der Waals surface area contributed by atoms with E-state index in [9.17, 15) is 27.7 Å². The summed E-state index contributed by atoms with van der Waals surface area (Å²) in [7, 11) is -4.23. The minimum absolute atomic E-state index is 0.0144. The first-order valence-electron chi connectivity index (χ1n) is 25.7. The third kappa shape index (κ3) is 20.6. The van der Waals surface area contributed by atoms with E-state index in [-0.39, 0.29) is 62.7 Å². The molecule has 7 rings (SSSR count). The predicted molar refractivity (Wildman–Crippen MR) is 280 cm³/mol. The van der Waals surface area contributed by atoms with Crippen molar-refractivity contribution >= 4 is 57.1 Å². The summed E-state index contributed by atoms with van der Waals surface area (Å²) in [5, 5.41) is 19.8. The van der Waals surface area contributed by atoms with Crippen LogP contribution in [0.1, 0.15) is 48.4 Å². The number of carbonyl (C=O) groups excluding carboxylic acids is 2. The number of benzene rings is 2. The maximum Gasteiger partial charge on any atom is 0.313 e. The molecule has 5 unspecified atom stereocenters. The fourth-order valence-corrected chi connectivity index (χ4v) is 9.98. The number of esters is 1. The summed E-state index contributed by atoms with van der Waals surface area (Å²) in [5.74, 6) is -6.04. The van der Waals surface area contributed by atoms with Gasteiger partial charge in [-0.05, 0) is 42.0 Å². The largest absolute Gasteiger partial charge is 0.420 e. The van der Waals surface area contributed by atoms with Crippen LogP contribution in [-0.2, 0) is 76.3 Å². The number of carbonyl (C=O) groups is 2. The Kier molecular flexibility index (Phi) is 26.7. The Morgan fingerprint density at radius 2 is 1.44 bits per heavy atom. The molecule has 1 saturated heterocycles. The van der Waals surface area contributed by atoms with Crippen LogP contribution in [0, 0.1) is 23.4 Å². The van der Waals surface area contributed by atoms with Gasteiger partial charge in [0.05, 0.1) is 167 Å². The standard InChI is InChI=1S/C49H65ClF3N9O16P2/c50-49-57-46(39-28-55-62(47(39)58-49)42-6-5-36(77-42)31-76-80(67)32-79(65)66)56-44-37-4-2-1-3-33(37)25-38(44)48(64)54-8-11-69-14-17-72-21-22-74-23-24-75-30-35-29-61(60-59-35)9-12-70-15-18-73-20-19-71-16-13-68-10-7-43(63)78-45-40(52)26-34(51)27-41(45)53/h1-4,26-29,36,38,42,44,65-67H,5-25,30-32H2,(H,54,64)(H,56,57,58). The zero-order valence-electron chi connectivity index (χ0n) is 43.6. The monoisotopic (exact) mass is 1190 g/mol. The molecule has 5 aromatic rings. The molecule has 2 aliphatic rings. The maximum absolute atomic E-state index is 13.7. The number of halogens is 4. The van der Waals surface area contributed by atoms with E-state index in [1.807, 2.05) is 24.3 Å². The second kappa shape index (κ2) is 34.0. The highest BCUT2D eigenvalue weighted by Crippen LogP contribution is 2.45. The second-order valence-corrected chi connectivity index (χ2v) is 21.0. The highest BCUT2D eigenvalue weighted by atomic mass is 35.5. The van der Waals surface area contributed by atoms with Crippen LogP contribution in [0.5, 0.6) is 5.75 Å². The van der Waals surface area contributed by atoms with Crippen LogP contribution in [0.25, 0.3) is 11.0 Å². The van der Waals surface area contributed by atoms with E-state index in [2.05, 4.69) is 40.7 Å². The number of rotatable bonds is 39. The summed E-state index contributed by atoms with van der Waals surface area (Å²) < 4.78 is 104. The molecule has 5 atom stereocenters. The van der Waals surface area contributed by atoms with Crippen molar-refractivity contribution in [3.8, 4) is 5.75 Å². The molecule has 5 N–H and O–H groups in total. The summed E-state index contributed by atoms with van der Waals surface area (Å²) in [4.78, 5) is 62.7. The Morgan fingerprint density at radius 3 is 2.12 bits per heavy atom. The Balaban J connectivity index is 0.659. The molecule has 0 spiro atoms. The van der Waals surface area contributed by atoms with Crippen LogP contribution in [0.2, 0.25) is 5.28 Å². The first kappa shape index (κ1) is 62.9. The Labute approximate surface area is 465 Å². The van der Waals surface area contributed by atoms with Gasteiger partial charge in [-0.3, -0.25) is 9.59 Å². The summed E-state index contributed by atoms with van der Waals surface area (Å²) in [5.41, 5.74) is 3.12. The number of nitrogens with zero attached hydrogens (tertiary/aromatic N) is 7. The molecule has 31 heteroatoms. The Morgan fingerprint density at radius 1 is 0.800 bits per heavy atom. The molecule has 2 aromatic carbocycles. The van der Waals surface area contributed by atoms with E-state index in [0.717, 1.165) is 11.1 Å². The lowest BCUT2D eigenvalue weighted by molar-refractivity contribution is -0.136. The maximum atomic E-state index is 13.7. The quantitative estimate of drug-likeness (QED) is 0.0119. The van der Waals surface area contributed by atoms with E-state index >= 15 is 0 Å². The van der Waals surface area contributed by atoms with Gasteiger partial charge in [-0.1, -0.05) is 29.5 Å². The van der Waals surface area contributed by atoms with Gasteiger partial charge in [0.25, 0.3) is 0 Å². The molecule has 80 heavy (non-hydrogen) atoms. The fourth-order valence-electron chi connectivity index (χ4n) is 8.29. The van der Waals surface area contributed by atoms with Crippen molar-refractivity contribution in [1.29, 1.82) is 0 Å². The lowest BCUT2D eigenvalue weighted by atomic mass is 9.99. The van der Waals surface area contributed by atoms with Gasteiger partial charge in [-0.2, -0.15) is 15.1 Å². The van der Waals surface area contributed by atoms with Crippen LogP contribution in [-0.4, -0.2) is 186 Å². The topological polar surface area (TPSA) is 295 Å². The van der Waals surface area contributed by atoms with E-state index in [1.165, 1.54) is 0 Å². The first-order valence-corrected chi connectivity index (χ1v) is 28.9. The first-order chi connectivity index (χ1) is 38.9. The van der Waals surface area contributed by atoms with Gasteiger partial charge in [0.15, 0.2) is 40.3 Å². The zero-order chi connectivity index (χ0) is 56.5. The molecule has 25 nitrogen and oxygen atoms in total. The van der Waals surface area contributed by atoms with Gasteiger partial charge in [0.1, 0.15) is 17.3 Å². The smallest absolute Gasteiger partial charge is 0.313 e. The molecule has 1 aliphatic heterocycles. The SMILES string of the molecule is O=C(CCOCCOCCOCCOCCn1cc(COCCOCCOCCOCCNC(=O)C2Cc3ccccc3C2Nc2nc(Cl)nc3c2cnn3C2CCC(COP(O)CP(O)O)O2)nn1)Oc1c(F)cc(F)cc1F. The zero-order valence-corrected chi connectivity index (χ0v) is 46.1. The van der Waals surface area contributed by atoms with E-state index in [1.54, 1.807) is 21.8 Å². The van der Waals surface area contributed by atoms with E-state index < -0.39 is 64.1 Å². The number of anilines is 1. The van der Waals surface area contributed by atoms with Crippen LogP contribution < -0.4 is 15.4 Å². The van der Waals surface area contributed by atoms with Crippen molar-refractivity contribution in [2.24, 2.45) is 5.92 Å². The number of fused-ring (bicyclic) bond motifs is 2. The van der Waals surface area contributed by atoms with Gasteiger partial charge >= 0.3 is 5.97 Å². The van der Waals surface area contributed by atoms with Crippen LogP contribution in [0.15, 0.2) is 48.8 Å². The second-order valence-electron chi connectivity index (χ2n) is 17.8. The number of hydrogen-bond donors (Lipinski definition) is 5. The van der Waals surface area contributed by atoms with Crippen molar-refractivity contribution in [2.45, 2.75) is 57.2 Å². The van der Waals surface area contributed by atoms with Crippen molar-refractivity contribution in [3.63, 3.8) is 0 Å². The number of ether oxygens (including phenoxy) is 10. The third-order valence-corrected chi connectivity index (χ3v) is 14.6. The highest BCUT2D eigenvalue weighted by Gasteiger charge is 2.38. The van der Waals surface area contributed by atoms with Gasteiger partial charge in [-0.15, -0.1) is 5.10 Å². The minimum atomic E-state index is -2.26. The molecular weight excluding hydrogens is 1120 g/mol. The predicted octanol–water partition coefficient (Wildman–Crippen LogP) is 4.51. The molecule has 1 amide bonds. The van der Waals surface area contributed by atoms with Crippen LogP contribution >= 0.6 is 28.4 Å². The van der Waals surface area contributed by atoms with Crippen molar-refractivity contribution in [2.75, 3.05) is 123 Å². The molecular formula is C49H65ClF3N9O16P2. The van der Waals surface area contributed by atoms with Gasteiger partial charge in [0.2, 0.25) is 16.9 Å². The molecule has 440 valence electrons. The molecule has 0 saturated carbocycles. The van der Waals surface area contributed by atoms with Crippen molar-refractivity contribution < 1.29 is 89.3 Å². The third-order valence-electron chi connectivity index (χ3n) is 12.0. The number of amides is 1. The molecule has 0 radical (unpaired) electrons. The van der Waals surface area contributed by atoms with E-state index in [0.29, 0.717) is 146 Å². The Bertz CT molecular complexity index is 2670. The molecule has 1 aliphatic carbocycles. The number of aromatic nitrogens is 7. The summed E-state index contributed by atoms with van der Waals surface area (Å²) in [6.45, 7) is 5.74. The van der Waals surface area contributed by atoms with E-state index in [4.69, 9.17) is 68.5 Å². The number of hydrogen-bond acceptors (Lipinski definition) is 22. The van der Waals surface area contributed by atoms with Gasteiger partial charge < -0.3 is 77.2 Å². The van der Waals surface area contributed by atoms with Crippen molar-refractivity contribution in [3.05, 3.63) is 88.3 Å². The fraction of sp³-hybridized carbons (Fsp3) is 0.571. The lowest BCUT2D eigenvalue weighted by Gasteiger charge is -2.22. The lowest BCUT2D eigenvalue weighted by Crippen LogP contribution is -2.37. The summed E-state index contributed by atoms with van der Waals surface area (Å²) in [6, 6.07) is 8.27. The Hall–Kier alpha value is -4.71. The average Bonchev–Trinajstić information content (AvgIpc) is 4.29. The molecule has 3 aromatic heterocycles. The van der Waals surface area contributed by atoms with Crippen LogP contribution in [0.4, 0.5) is 19.0 Å². The average molecular weight is 1190 g/mol. The molecule has 0 bridgehead atoms. The summed E-state index contributed by atoms with van der Waals surface area (Å²) >= 11 is 6.47. The molecule has 4 heterocycles. The normalized spacial score (nSPS) is 17.4. The van der Waals surface area contributed by atoms with Gasteiger partial charge in [-0.25, -0.2) is 22.5 Å². The van der Waals surface area contributed by atoms with Gasteiger partial charge in [0, 0.05) is 18.7 Å². The molecule has 1 fully saturated rings. The van der Waals surface area contributed by atoms with Crippen molar-refractivity contribution in [1.82, 2.24) is 40.1 Å². The summed E-state index contributed by atoms with van der Waals surface area (Å²) in [6.07, 6.45) is 4.03.